The minimum atomic E-state index is -0.548. The van der Waals surface area contributed by atoms with Crippen LogP contribution >= 0.6 is 31.9 Å². The monoisotopic (exact) mass is 410 g/mol. The fourth-order valence-electron chi connectivity index (χ4n) is 1.83. The van der Waals surface area contributed by atoms with E-state index in [1.807, 2.05) is 48.5 Å². The average molecular weight is 412 g/mol. The van der Waals surface area contributed by atoms with Crippen molar-refractivity contribution in [1.29, 1.82) is 0 Å². The summed E-state index contributed by atoms with van der Waals surface area (Å²) >= 11 is 6.66. The lowest BCUT2D eigenvalue weighted by Crippen LogP contribution is -2.16. The summed E-state index contributed by atoms with van der Waals surface area (Å²) in [6, 6.07) is 14.7. The Labute approximate surface area is 139 Å². The van der Waals surface area contributed by atoms with E-state index in [4.69, 9.17) is 4.74 Å². The molecule has 0 radical (unpaired) electrons. The van der Waals surface area contributed by atoms with Crippen molar-refractivity contribution in [2.45, 2.75) is 12.8 Å². The molecule has 0 unspecified atom stereocenters. The van der Waals surface area contributed by atoms with Gasteiger partial charge in [0.25, 0.3) is 0 Å². The zero-order valence-electron chi connectivity index (χ0n) is 11.0. The smallest absolute Gasteiger partial charge is 0.317 e. The molecular weight excluding hydrogens is 400 g/mol. The van der Waals surface area contributed by atoms with Gasteiger partial charge in [-0.25, -0.2) is 0 Å². The van der Waals surface area contributed by atoms with Gasteiger partial charge in [0.05, 0.1) is 12.8 Å². The standard InChI is InChI=1S/C16H12Br2O3/c17-13-5-1-3-11(7-13)9-15(19)21-16(20)10-12-4-2-6-14(18)8-12/h1-8H,9-10H2. The van der Waals surface area contributed by atoms with E-state index in [0.717, 1.165) is 20.1 Å². The molecule has 0 saturated heterocycles. The zero-order valence-corrected chi connectivity index (χ0v) is 14.2. The molecule has 0 spiro atoms. The van der Waals surface area contributed by atoms with Gasteiger partial charge in [-0.15, -0.1) is 0 Å². The van der Waals surface area contributed by atoms with Gasteiger partial charge in [0.1, 0.15) is 0 Å². The second kappa shape index (κ2) is 7.52. The van der Waals surface area contributed by atoms with Crippen LogP contribution in [-0.2, 0) is 27.2 Å². The Kier molecular flexibility index (Phi) is 5.70. The number of halogens is 2. The van der Waals surface area contributed by atoms with Crippen molar-refractivity contribution in [2.24, 2.45) is 0 Å². The molecule has 0 saturated carbocycles. The van der Waals surface area contributed by atoms with Crippen molar-refractivity contribution in [2.75, 3.05) is 0 Å². The molecule has 0 aromatic heterocycles. The first-order valence-electron chi connectivity index (χ1n) is 6.25. The van der Waals surface area contributed by atoms with E-state index >= 15 is 0 Å². The van der Waals surface area contributed by atoms with Crippen molar-refractivity contribution in [1.82, 2.24) is 0 Å². The third-order valence-electron chi connectivity index (χ3n) is 2.70. The van der Waals surface area contributed by atoms with E-state index in [9.17, 15) is 9.59 Å². The summed E-state index contributed by atoms with van der Waals surface area (Å²) < 4.78 is 6.59. The maximum Gasteiger partial charge on any atom is 0.317 e. The highest BCUT2D eigenvalue weighted by Crippen LogP contribution is 2.14. The quantitative estimate of drug-likeness (QED) is 0.562. The van der Waals surface area contributed by atoms with Crippen molar-refractivity contribution in [3.63, 3.8) is 0 Å². The lowest BCUT2D eigenvalue weighted by molar-refractivity contribution is -0.158. The lowest BCUT2D eigenvalue weighted by Gasteiger charge is -2.04. The average Bonchev–Trinajstić information content (AvgIpc) is 2.38. The van der Waals surface area contributed by atoms with Gasteiger partial charge in [0, 0.05) is 8.95 Å². The molecule has 0 aliphatic heterocycles. The fourth-order valence-corrected chi connectivity index (χ4v) is 2.72. The molecule has 2 rings (SSSR count). The van der Waals surface area contributed by atoms with E-state index in [2.05, 4.69) is 31.9 Å². The second-order valence-corrected chi connectivity index (χ2v) is 6.29. The lowest BCUT2D eigenvalue weighted by atomic mass is 10.1. The molecule has 21 heavy (non-hydrogen) atoms. The van der Waals surface area contributed by atoms with Crippen molar-refractivity contribution in [3.05, 3.63) is 68.6 Å². The van der Waals surface area contributed by atoms with Gasteiger partial charge in [-0.05, 0) is 35.4 Å². The molecule has 0 amide bonds. The second-order valence-electron chi connectivity index (χ2n) is 4.46. The van der Waals surface area contributed by atoms with E-state index in [0.29, 0.717) is 0 Å². The normalized spacial score (nSPS) is 10.2. The van der Waals surface area contributed by atoms with Gasteiger partial charge in [0.15, 0.2) is 0 Å². The maximum atomic E-state index is 11.7. The molecule has 0 aliphatic rings. The molecule has 0 N–H and O–H groups in total. The maximum absolute atomic E-state index is 11.7. The van der Waals surface area contributed by atoms with Crippen molar-refractivity contribution < 1.29 is 14.3 Å². The minimum absolute atomic E-state index is 0.0731. The third kappa shape index (κ3) is 5.44. The summed E-state index contributed by atoms with van der Waals surface area (Å²) in [5.74, 6) is -1.10. The SMILES string of the molecule is O=C(Cc1cccc(Br)c1)OC(=O)Cc1cccc(Br)c1. The number of hydrogen-bond acceptors (Lipinski definition) is 3. The first kappa shape index (κ1) is 15.9. The Morgan fingerprint density at radius 2 is 1.24 bits per heavy atom. The molecule has 108 valence electrons. The Morgan fingerprint density at radius 1 is 0.810 bits per heavy atom. The van der Waals surface area contributed by atoms with E-state index in [-0.39, 0.29) is 12.8 Å². The largest absolute Gasteiger partial charge is 0.393 e. The molecule has 0 fully saturated rings. The molecule has 2 aromatic carbocycles. The number of carbonyl (C=O) groups excluding carboxylic acids is 2. The number of ether oxygens (including phenoxy) is 1. The van der Waals surface area contributed by atoms with Gasteiger partial charge in [-0.3, -0.25) is 9.59 Å². The first-order valence-corrected chi connectivity index (χ1v) is 7.84. The Bertz CT molecular complexity index is 611. The highest BCUT2D eigenvalue weighted by molar-refractivity contribution is 9.10. The van der Waals surface area contributed by atoms with Gasteiger partial charge < -0.3 is 4.74 Å². The Hall–Kier alpha value is -1.46. The summed E-state index contributed by atoms with van der Waals surface area (Å²) in [6.07, 6.45) is 0.146. The molecule has 3 nitrogen and oxygen atoms in total. The van der Waals surface area contributed by atoms with Gasteiger partial charge in [0.2, 0.25) is 0 Å². The van der Waals surface area contributed by atoms with Gasteiger partial charge >= 0.3 is 11.9 Å². The van der Waals surface area contributed by atoms with Crippen LogP contribution in [0.15, 0.2) is 57.5 Å². The molecular formula is C16H12Br2O3. The van der Waals surface area contributed by atoms with E-state index in [1.54, 1.807) is 0 Å². The molecule has 0 heterocycles. The van der Waals surface area contributed by atoms with Crippen LogP contribution in [0, 0.1) is 0 Å². The highest BCUT2D eigenvalue weighted by Gasteiger charge is 2.12. The molecule has 2 aromatic rings. The van der Waals surface area contributed by atoms with Gasteiger partial charge in [-0.1, -0.05) is 56.1 Å². The summed E-state index contributed by atoms with van der Waals surface area (Å²) in [5.41, 5.74) is 1.59. The summed E-state index contributed by atoms with van der Waals surface area (Å²) in [7, 11) is 0. The highest BCUT2D eigenvalue weighted by atomic mass is 79.9. The number of rotatable bonds is 4. The van der Waals surface area contributed by atoms with Gasteiger partial charge in [-0.2, -0.15) is 0 Å². The number of carbonyl (C=O) groups is 2. The molecule has 0 aliphatic carbocycles. The number of hydrogen-bond donors (Lipinski definition) is 0. The Balaban J connectivity index is 1.89. The van der Waals surface area contributed by atoms with Crippen LogP contribution in [0.5, 0.6) is 0 Å². The van der Waals surface area contributed by atoms with E-state index in [1.165, 1.54) is 0 Å². The van der Waals surface area contributed by atoms with Crippen LogP contribution in [-0.4, -0.2) is 11.9 Å². The van der Waals surface area contributed by atoms with Crippen LogP contribution in [0.2, 0.25) is 0 Å². The zero-order chi connectivity index (χ0) is 15.2. The minimum Gasteiger partial charge on any atom is -0.393 e. The van der Waals surface area contributed by atoms with E-state index < -0.39 is 11.9 Å². The van der Waals surface area contributed by atoms with Crippen LogP contribution in [0.4, 0.5) is 0 Å². The predicted molar refractivity (Wildman–Crippen MR) is 86.8 cm³/mol. The summed E-state index contributed by atoms with van der Waals surface area (Å²) in [5, 5.41) is 0. The molecule has 0 atom stereocenters. The predicted octanol–water partition coefficient (Wildman–Crippen LogP) is 4.07. The van der Waals surface area contributed by atoms with Crippen molar-refractivity contribution in [3.8, 4) is 0 Å². The van der Waals surface area contributed by atoms with Crippen LogP contribution < -0.4 is 0 Å². The topological polar surface area (TPSA) is 43.4 Å². The first-order chi connectivity index (χ1) is 10.0. The Morgan fingerprint density at radius 3 is 1.62 bits per heavy atom. The number of esters is 2. The van der Waals surface area contributed by atoms with Crippen molar-refractivity contribution >= 4 is 43.8 Å². The summed E-state index contributed by atoms with van der Waals surface area (Å²) in [6.45, 7) is 0. The third-order valence-corrected chi connectivity index (χ3v) is 3.69. The summed E-state index contributed by atoms with van der Waals surface area (Å²) in [4.78, 5) is 23.4. The molecule has 0 bridgehead atoms. The molecule has 5 heteroatoms. The van der Waals surface area contributed by atoms with Crippen LogP contribution in [0.1, 0.15) is 11.1 Å². The fraction of sp³-hybridized carbons (Fsp3) is 0.125. The number of benzene rings is 2. The van der Waals surface area contributed by atoms with Crippen LogP contribution in [0.25, 0.3) is 0 Å². The van der Waals surface area contributed by atoms with Crippen LogP contribution in [0.3, 0.4) is 0 Å².